The third-order valence-electron chi connectivity index (χ3n) is 4.92. The molecule has 0 saturated carbocycles. The Morgan fingerprint density at radius 1 is 1.38 bits per heavy atom. The number of hydrogen-bond donors (Lipinski definition) is 1. The summed E-state index contributed by atoms with van der Waals surface area (Å²) in [6.45, 7) is 4.67. The maximum Gasteiger partial charge on any atom is 0.0801 e. The van der Waals surface area contributed by atoms with Gasteiger partial charge >= 0.3 is 0 Å². The summed E-state index contributed by atoms with van der Waals surface area (Å²) in [5, 5.41) is 7.79. The number of nitrogens with one attached hydrogen (secondary N) is 1. The first-order valence-electron chi connectivity index (χ1n) is 7.98. The summed E-state index contributed by atoms with van der Waals surface area (Å²) in [4.78, 5) is 1.31. The second-order valence-corrected chi connectivity index (χ2v) is 6.89. The molecule has 118 valence electrons. The van der Waals surface area contributed by atoms with Crippen molar-refractivity contribution in [1.29, 1.82) is 0 Å². The lowest BCUT2D eigenvalue weighted by molar-refractivity contribution is -0.150. The van der Waals surface area contributed by atoms with E-state index in [1.165, 1.54) is 4.88 Å². The van der Waals surface area contributed by atoms with Crippen LogP contribution in [-0.4, -0.2) is 42.1 Å². The van der Waals surface area contributed by atoms with Crippen molar-refractivity contribution in [3.8, 4) is 0 Å². The van der Waals surface area contributed by atoms with Crippen LogP contribution in [0.15, 0.2) is 0 Å². The molecule has 2 atom stereocenters. The number of aryl methyl sites for hydroxylation is 1. The van der Waals surface area contributed by atoms with Gasteiger partial charge in [0, 0.05) is 25.9 Å². The van der Waals surface area contributed by atoms with Crippen molar-refractivity contribution < 1.29 is 9.47 Å². The van der Waals surface area contributed by atoms with Crippen LogP contribution >= 0.6 is 11.5 Å². The molecular weight excluding hydrogens is 286 g/mol. The lowest BCUT2D eigenvalue weighted by Gasteiger charge is -2.45. The third-order valence-corrected chi connectivity index (χ3v) is 5.77. The lowest BCUT2D eigenvalue weighted by atomic mass is 9.77. The predicted molar refractivity (Wildman–Crippen MR) is 82.5 cm³/mol. The molecule has 1 N–H and O–H groups in total. The van der Waals surface area contributed by atoms with Gasteiger partial charge in [-0.15, -0.1) is 5.10 Å². The van der Waals surface area contributed by atoms with Crippen molar-refractivity contribution in [1.82, 2.24) is 14.9 Å². The van der Waals surface area contributed by atoms with Gasteiger partial charge in [0.15, 0.2) is 0 Å². The Labute approximate surface area is 130 Å². The highest BCUT2D eigenvalue weighted by molar-refractivity contribution is 7.05. The van der Waals surface area contributed by atoms with Crippen molar-refractivity contribution >= 4 is 11.5 Å². The van der Waals surface area contributed by atoms with E-state index in [1.807, 2.05) is 0 Å². The summed E-state index contributed by atoms with van der Waals surface area (Å²) in [6.07, 6.45) is 5.23. The Hall–Kier alpha value is -0.560. The van der Waals surface area contributed by atoms with Crippen LogP contribution in [0.2, 0.25) is 0 Å². The molecule has 6 heteroatoms. The van der Waals surface area contributed by atoms with Gasteiger partial charge in [-0.05, 0) is 56.6 Å². The van der Waals surface area contributed by atoms with E-state index in [0.717, 1.165) is 57.6 Å². The zero-order valence-corrected chi connectivity index (χ0v) is 13.7. The first-order valence-corrected chi connectivity index (χ1v) is 8.75. The van der Waals surface area contributed by atoms with E-state index in [9.17, 15) is 0 Å². The number of hydrogen-bond acceptors (Lipinski definition) is 6. The molecule has 0 bridgehead atoms. The normalized spacial score (nSPS) is 26.9. The quantitative estimate of drug-likeness (QED) is 0.925. The highest BCUT2D eigenvalue weighted by Gasteiger charge is 2.42. The second-order valence-electron chi connectivity index (χ2n) is 6.10. The summed E-state index contributed by atoms with van der Waals surface area (Å²) in [5.74, 6) is 0.592. The molecule has 2 aliphatic rings. The second kappa shape index (κ2) is 6.69. The highest BCUT2D eigenvalue weighted by atomic mass is 32.1. The van der Waals surface area contributed by atoms with E-state index in [0.29, 0.717) is 12.0 Å². The molecule has 0 radical (unpaired) electrons. The summed E-state index contributed by atoms with van der Waals surface area (Å²) < 4.78 is 15.8. The van der Waals surface area contributed by atoms with Gasteiger partial charge < -0.3 is 14.8 Å². The highest BCUT2D eigenvalue weighted by Crippen LogP contribution is 2.42. The Morgan fingerprint density at radius 2 is 2.19 bits per heavy atom. The zero-order chi connectivity index (χ0) is 14.7. The first-order chi connectivity index (χ1) is 10.3. The minimum absolute atomic E-state index is 0.0424. The zero-order valence-electron chi connectivity index (χ0n) is 12.9. The average Bonchev–Trinajstić information content (AvgIpc) is 2.97. The maximum absolute atomic E-state index is 6.17. The van der Waals surface area contributed by atoms with Crippen molar-refractivity contribution in [2.75, 3.05) is 26.9 Å². The first kappa shape index (κ1) is 15.3. The molecule has 1 aromatic heterocycles. The van der Waals surface area contributed by atoms with Gasteiger partial charge in [0.2, 0.25) is 0 Å². The largest absolute Gasteiger partial charge is 0.381 e. The van der Waals surface area contributed by atoms with Gasteiger partial charge in [0.25, 0.3) is 0 Å². The van der Waals surface area contributed by atoms with E-state index in [2.05, 4.69) is 28.9 Å². The minimum atomic E-state index is 0.0424. The van der Waals surface area contributed by atoms with Gasteiger partial charge in [0.1, 0.15) is 0 Å². The number of rotatable bonds is 4. The van der Waals surface area contributed by atoms with Crippen LogP contribution < -0.4 is 5.32 Å². The molecule has 21 heavy (non-hydrogen) atoms. The van der Waals surface area contributed by atoms with Crippen LogP contribution in [0.4, 0.5) is 0 Å². The summed E-state index contributed by atoms with van der Waals surface area (Å²) >= 11 is 1.55. The maximum atomic E-state index is 6.17. The summed E-state index contributed by atoms with van der Waals surface area (Å²) in [7, 11) is 2.05. The van der Waals surface area contributed by atoms with Crippen LogP contribution in [0, 0.1) is 5.92 Å². The SMILES string of the molecule is CCc1nnsc1C(NC)C1CCOC2(CCOCC2)C1. The number of ether oxygens (including phenoxy) is 2. The van der Waals surface area contributed by atoms with Crippen LogP contribution in [0.3, 0.4) is 0 Å². The molecule has 5 nitrogen and oxygen atoms in total. The monoisotopic (exact) mass is 311 g/mol. The molecule has 0 amide bonds. The van der Waals surface area contributed by atoms with Crippen molar-refractivity contribution in [3.05, 3.63) is 10.6 Å². The van der Waals surface area contributed by atoms with Crippen LogP contribution in [-0.2, 0) is 15.9 Å². The lowest BCUT2D eigenvalue weighted by Crippen LogP contribution is -2.46. The molecule has 1 aromatic rings. The van der Waals surface area contributed by atoms with E-state index in [4.69, 9.17) is 9.47 Å². The molecule has 3 heterocycles. The molecule has 2 unspecified atom stereocenters. The topological polar surface area (TPSA) is 56.3 Å². The fraction of sp³-hybridized carbons (Fsp3) is 0.867. The molecule has 2 saturated heterocycles. The van der Waals surface area contributed by atoms with Crippen molar-refractivity contribution in [2.24, 2.45) is 5.92 Å². The summed E-state index contributed by atoms with van der Waals surface area (Å²) in [5.41, 5.74) is 1.19. The van der Waals surface area contributed by atoms with E-state index < -0.39 is 0 Å². The third kappa shape index (κ3) is 3.13. The Kier molecular flexibility index (Phi) is 4.88. The standard InChI is InChI=1S/C15H25N3O2S/c1-3-12-14(21-18-17-12)13(16-2)11-4-7-20-15(10-11)5-8-19-9-6-15/h11,13,16H,3-10H2,1-2H3. The predicted octanol–water partition coefficient (Wildman–Crippen LogP) is 2.34. The van der Waals surface area contributed by atoms with E-state index >= 15 is 0 Å². The molecule has 2 aliphatic heterocycles. The Morgan fingerprint density at radius 3 is 2.90 bits per heavy atom. The van der Waals surface area contributed by atoms with E-state index in [-0.39, 0.29) is 5.60 Å². The van der Waals surface area contributed by atoms with Gasteiger partial charge in [-0.2, -0.15) is 0 Å². The van der Waals surface area contributed by atoms with E-state index in [1.54, 1.807) is 11.5 Å². The van der Waals surface area contributed by atoms with Gasteiger partial charge in [-0.1, -0.05) is 11.4 Å². The molecule has 0 aliphatic carbocycles. The molecule has 2 fully saturated rings. The Balaban J connectivity index is 1.77. The van der Waals surface area contributed by atoms with Gasteiger partial charge in [-0.3, -0.25) is 0 Å². The molecule has 3 rings (SSSR count). The summed E-state index contributed by atoms with van der Waals surface area (Å²) in [6, 6.07) is 0.351. The number of nitrogens with zero attached hydrogens (tertiary/aromatic N) is 2. The van der Waals surface area contributed by atoms with Crippen molar-refractivity contribution in [2.45, 2.75) is 50.7 Å². The van der Waals surface area contributed by atoms with Gasteiger partial charge in [-0.25, -0.2) is 0 Å². The van der Waals surface area contributed by atoms with Crippen molar-refractivity contribution in [3.63, 3.8) is 0 Å². The molecule has 0 aromatic carbocycles. The molecular formula is C15H25N3O2S. The van der Waals surface area contributed by atoms with Gasteiger partial charge in [0.05, 0.1) is 16.2 Å². The Bertz CT molecular complexity index is 454. The van der Waals surface area contributed by atoms with Crippen LogP contribution in [0.5, 0.6) is 0 Å². The number of aromatic nitrogens is 2. The van der Waals surface area contributed by atoms with Crippen LogP contribution in [0.1, 0.15) is 49.2 Å². The smallest absolute Gasteiger partial charge is 0.0801 e. The molecule has 1 spiro atoms. The fourth-order valence-corrected chi connectivity index (χ4v) is 4.66. The fourth-order valence-electron chi connectivity index (χ4n) is 3.72. The average molecular weight is 311 g/mol. The van der Waals surface area contributed by atoms with Crippen LogP contribution in [0.25, 0.3) is 0 Å². The minimum Gasteiger partial charge on any atom is -0.381 e.